The summed E-state index contributed by atoms with van der Waals surface area (Å²) in [5, 5.41) is 1.43. The lowest BCUT2D eigenvalue weighted by Crippen LogP contribution is -2.16. The van der Waals surface area contributed by atoms with Crippen molar-refractivity contribution < 1.29 is 9.13 Å². The minimum Gasteiger partial charge on any atom is -0.376 e. The number of hydrogen-bond acceptors (Lipinski definition) is 3. The summed E-state index contributed by atoms with van der Waals surface area (Å²) in [5.74, 6) is 0.357. The number of halogens is 2. The zero-order valence-electron chi connectivity index (χ0n) is 13.3. The van der Waals surface area contributed by atoms with E-state index < -0.39 is 0 Å². The van der Waals surface area contributed by atoms with Gasteiger partial charge in [0.05, 0.1) is 18.3 Å². The molecule has 1 saturated heterocycles. The van der Waals surface area contributed by atoms with Crippen LogP contribution in [0.1, 0.15) is 29.8 Å². The van der Waals surface area contributed by atoms with Gasteiger partial charge >= 0.3 is 0 Å². The van der Waals surface area contributed by atoms with E-state index in [0.717, 1.165) is 42.4 Å². The van der Waals surface area contributed by atoms with Gasteiger partial charge in [-0.05, 0) is 44.4 Å². The lowest BCUT2D eigenvalue weighted by Gasteiger charge is -2.14. The number of aromatic nitrogens is 2. The first-order valence-electron chi connectivity index (χ1n) is 7.76. The van der Waals surface area contributed by atoms with Crippen molar-refractivity contribution in [3.63, 3.8) is 0 Å². The second kappa shape index (κ2) is 7.24. The monoisotopic (exact) mass is 354 g/mol. The molecule has 1 fully saturated rings. The summed E-state index contributed by atoms with van der Waals surface area (Å²) < 4.78 is 21.1. The van der Waals surface area contributed by atoms with Crippen LogP contribution < -0.4 is 0 Å². The lowest BCUT2D eigenvalue weighted by molar-refractivity contribution is 0.0945. The highest BCUT2D eigenvalue weighted by Gasteiger charge is 2.20. The van der Waals surface area contributed by atoms with Gasteiger partial charge in [0.2, 0.25) is 0 Å². The van der Waals surface area contributed by atoms with Crippen LogP contribution in [-0.2, 0) is 17.0 Å². The van der Waals surface area contributed by atoms with Gasteiger partial charge in [0.15, 0.2) is 5.16 Å². The molecule has 0 radical (unpaired) electrons. The van der Waals surface area contributed by atoms with Crippen LogP contribution in [0.4, 0.5) is 4.39 Å². The minimum atomic E-state index is -0.310. The molecular weight excluding hydrogens is 335 g/mol. The van der Waals surface area contributed by atoms with Crippen LogP contribution in [0.3, 0.4) is 0 Å². The molecule has 0 spiro atoms. The van der Waals surface area contributed by atoms with Crippen LogP contribution in [-0.4, -0.2) is 22.3 Å². The Hall–Kier alpha value is -1.04. The van der Waals surface area contributed by atoms with Crippen LogP contribution in [0.25, 0.3) is 0 Å². The van der Waals surface area contributed by atoms with Gasteiger partial charge in [-0.15, -0.1) is 0 Å². The highest BCUT2D eigenvalue weighted by atomic mass is 35.5. The summed E-state index contributed by atoms with van der Waals surface area (Å²) in [6, 6.07) is 4.53. The predicted molar refractivity (Wildman–Crippen MR) is 91.6 cm³/mol. The van der Waals surface area contributed by atoms with Gasteiger partial charge in [0, 0.05) is 23.1 Å². The number of rotatable bonds is 5. The highest BCUT2D eigenvalue weighted by Crippen LogP contribution is 2.29. The smallest absolute Gasteiger partial charge is 0.168 e. The number of nitrogens with zero attached hydrogens (tertiary/aromatic N) is 2. The number of benzene rings is 1. The Morgan fingerprint density at radius 2 is 2.26 bits per heavy atom. The summed E-state index contributed by atoms with van der Waals surface area (Å²) in [4.78, 5) is 4.67. The van der Waals surface area contributed by atoms with Crippen LogP contribution in [0, 0.1) is 19.7 Å². The van der Waals surface area contributed by atoms with Gasteiger partial charge in [-0.1, -0.05) is 29.4 Å². The number of hydrogen-bond donors (Lipinski definition) is 0. The summed E-state index contributed by atoms with van der Waals surface area (Å²) in [6.07, 6.45) is 2.51. The SMILES string of the molecule is Cc1nc(SCc2ccc(F)cc2Cl)n(CC2CCCO2)c1C. The molecule has 0 amide bonds. The zero-order chi connectivity index (χ0) is 16.4. The van der Waals surface area contributed by atoms with Crippen LogP contribution in [0.5, 0.6) is 0 Å². The third-order valence-corrected chi connectivity index (χ3v) is 5.58. The van der Waals surface area contributed by atoms with E-state index in [1.807, 2.05) is 6.92 Å². The van der Waals surface area contributed by atoms with Gasteiger partial charge in [0.25, 0.3) is 0 Å². The fourth-order valence-corrected chi connectivity index (χ4v) is 4.14. The topological polar surface area (TPSA) is 27.1 Å². The fraction of sp³-hybridized carbons (Fsp3) is 0.471. The molecule has 124 valence electrons. The standard InChI is InChI=1S/C17H20ClFN2OS/c1-11-12(2)21(9-15-4-3-7-22-15)17(20-11)23-10-13-5-6-14(19)8-16(13)18/h5-6,8,15H,3-4,7,9-10H2,1-2H3. The van der Waals surface area contributed by atoms with E-state index in [0.29, 0.717) is 10.8 Å². The summed E-state index contributed by atoms with van der Waals surface area (Å²) >= 11 is 7.74. The summed E-state index contributed by atoms with van der Waals surface area (Å²) in [5.41, 5.74) is 3.13. The van der Waals surface area contributed by atoms with Crippen molar-refractivity contribution in [1.82, 2.24) is 9.55 Å². The molecular formula is C17H20ClFN2OS. The normalized spacial score (nSPS) is 17.8. The quantitative estimate of drug-likeness (QED) is 0.724. The number of ether oxygens (including phenoxy) is 1. The third-order valence-electron chi connectivity index (χ3n) is 4.20. The molecule has 0 bridgehead atoms. The minimum absolute atomic E-state index is 0.274. The lowest BCUT2D eigenvalue weighted by atomic mass is 10.2. The molecule has 2 aromatic rings. The molecule has 3 nitrogen and oxygen atoms in total. The van der Waals surface area contributed by atoms with Crippen molar-refractivity contribution in [2.75, 3.05) is 6.61 Å². The van der Waals surface area contributed by atoms with E-state index in [4.69, 9.17) is 16.3 Å². The van der Waals surface area contributed by atoms with Crippen LogP contribution in [0.2, 0.25) is 5.02 Å². The van der Waals surface area contributed by atoms with Gasteiger partial charge < -0.3 is 9.30 Å². The number of aryl methyl sites for hydroxylation is 1. The Morgan fingerprint density at radius 3 is 2.96 bits per heavy atom. The maximum absolute atomic E-state index is 13.1. The molecule has 0 N–H and O–H groups in total. The first kappa shape index (κ1) is 16.8. The average Bonchev–Trinajstić information content (AvgIpc) is 3.11. The first-order chi connectivity index (χ1) is 11.0. The van der Waals surface area contributed by atoms with Gasteiger partial charge in [0.1, 0.15) is 5.82 Å². The summed E-state index contributed by atoms with van der Waals surface area (Å²) in [7, 11) is 0. The molecule has 3 rings (SSSR count). The van der Waals surface area contributed by atoms with Crippen molar-refractivity contribution in [3.05, 3.63) is 46.0 Å². The average molecular weight is 355 g/mol. The van der Waals surface area contributed by atoms with Crippen molar-refractivity contribution in [2.24, 2.45) is 0 Å². The van der Waals surface area contributed by atoms with Crippen molar-refractivity contribution in [3.8, 4) is 0 Å². The Morgan fingerprint density at radius 1 is 1.43 bits per heavy atom. The van der Waals surface area contributed by atoms with E-state index in [1.165, 1.54) is 17.8 Å². The number of thioether (sulfide) groups is 1. The first-order valence-corrected chi connectivity index (χ1v) is 9.13. The second-order valence-corrected chi connectivity index (χ2v) is 7.18. The summed E-state index contributed by atoms with van der Waals surface area (Å²) in [6.45, 7) is 5.81. The second-order valence-electron chi connectivity index (χ2n) is 5.84. The Balaban J connectivity index is 1.75. The Labute approximate surface area is 145 Å². The van der Waals surface area contributed by atoms with Crippen LogP contribution >= 0.6 is 23.4 Å². The fourth-order valence-electron chi connectivity index (χ4n) is 2.72. The van der Waals surface area contributed by atoms with E-state index in [-0.39, 0.29) is 11.9 Å². The molecule has 1 aliphatic rings. The molecule has 0 aliphatic carbocycles. The molecule has 1 aliphatic heterocycles. The van der Waals surface area contributed by atoms with Crippen molar-refractivity contribution in [1.29, 1.82) is 0 Å². The molecule has 1 aromatic carbocycles. The van der Waals surface area contributed by atoms with E-state index in [9.17, 15) is 4.39 Å². The van der Waals surface area contributed by atoms with E-state index >= 15 is 0 Å². The maximum Gasteiger partial charge on any atom is 0.168 e. The molecule has 0 saturated carbocycles. The van der Waals surface area contributed by atoms with Gasteiger partial charge in [-0.2, -0.15) is 0 Å². The number of imidazole rings is 1. The van der Waals surface area contributed by atoms with Crippen LogP contribution in [0.15, 0.2) is 23.4 Å². The Bertz CT molecular complexity index is 698. The highest BCUT2D eigenvalue weighted by molar-refractivity contribution is 7.98. The van der Waals surface area contributed by atoms with Gasteiger partial charge in [-0.25, -0.2) is 9.37 Å². The van der Waals surface area contributed by atoms with Crippen molar-refractivity contribution >= 4 is 23.4 Å². The van der Waals surface area contributed by atoms with Crippen molar-refractivity contribution in [2.45, 2.75) is 50.2 Å². The third kappa shape index (κ3) is 3.90. The Kier molecular flexibility index (Phi) is 5.29. The maximum atomic E-state index is 13.1. The predicted octanol–water partition coefficient (Wildman–Crippen LogP) is 4.76. The molecule has 1 unspecified atom stereocenters. The zero-order valence-corrected chi connectivity index (χ0v) is 14.9. The largest absolute Gasteiger partial charge is 0.376 e. The van der Waals surface area contributed by atoms with E-state index in [2.05, 4.69) is 16.5 Å². The molecule has 1 atom stereocenters. The van der Waals surface area contributed by atoms with E-state index in [1.54, 1.807) is 17.8 Å². The molecule has 6 heteroatoms. The van der Waals surface area contributed by atoms with Gasteiger partial charge in [-0.3, -0.25) is 0 Å². The molecule has 2 heterocycles. The molecule has 1 aromatic heterocycles. The molecule has 23 heavy (non-hydrogen) atoms.